The van der Waals surface area contributed by atoms with Crippen LogP contribution in [0.5, 0.6) is 0 Å². The number of benzene rings is 2. The number of nitrogens with zero attached hydrogens (tertiary/aromatic N) is 3. The van der Waals surface area contributed by atoms with Crippen LogP contribution in [-0.4, -0.2) is 47.2 Å². The molecule has 3 rings (SSSR count). The average molecular weight is 366 g/mol. The molecule has 0 fully saturated rings. The van der Waals surface area contributed by atoms with Crippen molar-refractivity contribution >= 4 is 28.6 Å². The van der Waals surface area contributed by atoms with Crippen LogP contribution in [-0.2, 0) is 4.79 Å². The number of carbonyl (C=O) groups excluding carboxylic acids is 1. The summed E-state index contributed by atoms with van der Waals surface area (Å²) >= 11 is 1.44. The fraction of sp³-hybridized carbons (Fsp3) is 0.250. The molecule has 5 nitrogen and oxygen atoms in total. The van der Waals surface area contributed by atoms with Crippen molar-refractivity contribution in [1.29, 1.82) is 0 Å². The lowest BCUT2D eigenvalue weighted by molar-refractivity contribution is -0.118. The first-order valence-corrected chi connectivity index (χ1v) is 9.44. The number of carbonyl (C=O) groups is 1. The molecule has 1 heterocycles. The monoisotopic (exact) mass is 366 g/mol. The van der Waals surface area contributed by atoms with Gasteiger partial charge in [0.05, 0.1) is 17.3 Å². The fourth-order valence-corrected chi connectivity index (χ4v) is 3.58. The van der Waals surface area contributed by atoms with Gasteiger partial charge in [-0.05, 0) is 25.7 Å². The molecule has 134 valence electrons. The predicted molar refractivity (Wildman–Crippen MR) is 106 cm³/mol. The zero-order valence-electron chi connectivity index (χ0n) is 14.9. The Hall–Kier alpha value is -2.44. The number of nitrogens with one attached hydrogen (secondary N) is 1. The minimum absolute atomic E-state index is 0.000439. The van der Waals surface area contributed by atoms with E-state index in [4.69, 9.17) is 0 Å². The molecule has 0 aliphatic carbocycles. The van der Waals surface area contributed by atoms with E-state index in [1.165, 1.54) is 17.3 Å². The molecule has 0 aliphatic rings. The molecule has 0 saturated carbocycles. The van der Waals surface area contributed by atoms with Crippen LogP contribution in [0.3, 0.4) is 0 Å². The topological polar surface area (TPSA) is 58.1 Å². The lowest BCUT2D eigenvalue weighted by atomic mass is 10.1. The molecule has 3 aromatic rings. The smallest absolute Gasteiger partial charge is 0.230 e. The van der Waals surface area contributed by atoms with Crippen molar-refractivity contribution in [3.8, 4) is 0 Å². The highest BCUT2D eigenvalue weighted by molar-refractivity contribution is 8.00. The normalized spacial score (nSPS) is 12.3. The van der Waals surface area contributed by atoms with Gasteiger partial charge in [-0.15, -0.1) is 0 Å². The van der Waals surface area contributed by atoms with E-state index in [9.17, 15) is 4.79 Å². The average Bonchev–Trinajstić information content (AvgIpc) is 2.67. The van der Waals surface area contributed by atoms with E-state index in [0.29, 0.717) is 12.3 Å². The van der Waals surface area contributed by atoms with Crippen molar-refractivity contribution in [2.45, 2.75) is 11.1 Å². The van der Waals surface area contributed by atoms with Crippen LogP contribution in [0.2, 0.25) is 0 Å². The van der Waals surface area contributed by atoms with Gasteiger partial charge in [0.1, 0.15) is 11.4 Å². The van der Waals surface area contributed by atoms with Crippen LogP contribution < -0.4 is 5.32 Å². The maximum atomic E-state index is 12.3. The number of hydrogen-bond acceptors (Lipinski definition) is 5. The summed E-state index contributed by atoms with van der Waals surface area (Å²) in [5.41, 5.74) is 2.08. The summed E-state index contributed by atoms with van der Waals surface area (Å²) in [6.45, 7) is 0.570. The first-order chi connectivity index (χ1) is 12.6. The highest BCUT2D eigenvalue weighted by Crippen LogP contribution is 2.24. The summed E-state index contributed by atoms with van der Waals surface area (Å²) in [4.78, 5) is 23.0. The maximum Gasteiger partial charge on any atom is 0.230 e. The largest absolute Gasteiger partial charge is 0.353 e. The van der Waals surface area contributed by atoms with Gasteiger partial charge in [0.15, 0.2) is 0 Å². The number of fused-ring (bicyclic) bond motifs is 1. The third-order valence-electron chi connectivity index (χ3n) is 4.15. The molecule has 1 aromatic heterocycles. The highest BCUT2D eigenvalue weighted by Gasteiger charge is 2.15. The molecular formula is C20H22N4OS. The molecule has 1 amide bonds. The van der Waals surface area contributed by atoms with E-state index in [2.05, 4.69) is 32.3 Å². The van der Waals surface area contributed by atoms with Crippen molar-refractivity contribution < 1.29 is 4.79 Å². The van der Waals surface area contributed by atoms with Gasteiger partial charge in [0.2, 0.25) is 5.91 Å². The van der Waals surface area contributed by atoms with Crippen molar-refractivity contribution in [2.75, 3.05) is 26.4 Å². The van der Waals surface area contributed by atoms with Crippen molar-refractivity contribution in [3.63, 3.8) is 0 Å². The van der Waals surface area contributed by atoms with Crippen molar-refractivity contribution in [2.24, 2.45) is 0 Å². The Bertz CT molecular complexity index is 865. The molecular weight excluding hydrogens is 344 g/mol. The molecule has 1 atom stereocenters. The SMILES string of the molecule is CN(C)[C@@H](CNC(=O)CSc1ncnc2ccccc12)c1ccccc1. The number of aromatic nitrogens is 2. The van der Waals surface area contributed by atoms with Crippen LogP contribution >= 0.6 is 11.8 Å². The van der Waals surface area contributed by atoms with Crippen LogP contribution in [0, 0.1) is 0 Å². The molecule has 0 spiro atoms. The Labute approximate surface area is 157 Å². The van der Waals surface area contributed by atoms with Gasteiger partial charge in [-0.1, -0.05) is 60.3 Å². The molecule has 0 bridgehead atoms. The summed E-state index contributed by atoms with van der Waals surface area (Å²) in [7, 11) is 4.04. The van der Waals surface area contributed by atoms with Crippen LogP contribution in [0.1, 0.15) is 11.6 Å². The second-order valence-corrected chi connectivity index (χ2v) is 7.14. The molecule has 0 saturated heterocycles. The zero-order valence-corrected chi connectivity index (χ0v) is 15.7. The van der Waals surface area contributed by atoms with E-state index in [1.807, 2.05) is 56.6 Å². The summed E-state index contributed by atoms with van der Waals surface area (Å²) in [5.74, 6) is 0.330. The summed E-state index contributed by atoms with van der Waals surface area (Å²) in [6, 6.07) is 18.2. The summed E-state index contributed by atoms with van der Waals surface area (Å²) < 4.78 is 0. The van der Waals surface area contributed by atoms with Crippen molar-refractivity contribution in [3.05, 3.63) is 66.5 Å². The summed E-state index contributed by atoms with van der Waals surface area (Å²) in [5, 5.41) is 4.84. The maximum absolute atomic E-state index is 12.3. The molecule has 2 aromatic carbocycles. The minimum Gasteiger partial charge on any atom is -0.353 e. The number of amides is 1. The van der Waals surface area contributed by atoms with E-state index in [-0.39, 0.29) is 11.9 Å². The van der Waals surface area contributed by atoms with Gasteiger partial charge in [-0.3, -0.25) is 4.79 Å². The Balaban J connectivity index is 1.58. The van der Waals surface area contributed by atoms with Crippen LogP contribution in [0.25, 0.3) is 10.9 Å². The third-order valence-corrected chi connectivity index (χ3v) is 5.15. The molecule has 1 N–H and O–H groups in total. The number of rotatable bonds is 7. The van der Waals surface area contributed by atoms with Crippen LogP contribution in [0.15, 0.2) is 66.0 Å². The van der Waals surface area contributed by atoms with E-state index in [1.54, 1.807) is 6.33 Å². The minimum atomic E-state index is 0.000439. The first kappa shape index (κ1) is 18.4. The zero-order chi connectivity index (χ0) is 18.4. The van der Waals surface area contributed by atoms with Gasteiger partial charge >= 0.3 is 0 Å². The van der Waals surface area contributed by atoms with Gasteiger partial charge in [-0.25, -0.2) is 9.97 Å². The molecule has 0 radical (unpaired) electrons. The predicted octanol–water partition coefficient (Wildman–Crippen LogP) is 3.14. The number of para-hydroxylation sites is 1. The van der Waals surface area contributed by atoms with Gasteiger partial charge in [0, 0.05) is 11.9 Å². The molecule has 0 unspecified atom stereocenters. The number of likely N-dealkylation sites (N-methyl/N-ethyl adjacent to an activating group) is 1. The van der Waals surface area contributed by atoms with Gasteiger partial charge < -0.3 is 10.2 Å². The Morgan fingerprint density at radius 1 is 1.08 bits per heavy atom. The number of hydrogen-bond donors (Lipinski definition) is 1. The molecule has 6 heteroatoms. The number of thioether (sulfide) groups is 1. The Morgan fingerprint density at radius 3 is 2.58 bits per heavy atom. The van der Waals surface area contributed by atoms with Crippen LogP contribution in [0.4, 0.5) is 0 Å². The lowest BCUT2D eigenvalue weighted by Gasteiger charge is -2.25. The third kappa shape index (κ3) is 4.59. The van der Waals surface area contributed by atoms with E-state index >= 15 is 0 Å². The second-order valence-electron chi connectivity index (χ2n) is 6.18. The highest BCUT2D eigenvalue weighted by atomic mass is 32.2. The first-order valence-electron chi connectivity index (χ1n) is 8.46. The van der Waals surface area contributed by atoms with Crippen molar-refractivity contribution in [1.82, 2.24) is 20.2 Å². The lowest BCUT2D eigenvalue weighted by Crippen LogP contribution is -2.35. The molecule has 26 heavy (non-hydrogen) atoms. The Morgan fingerprint density at radius 2 is 1.81 bits per heavy atom. The van der Waals surface area contributed by atoms with E-state index in [0.717, 1.165) is 15.9 Å². The van der Waals surface area contributed by atoms with Gasteiger partial charge in [-0.2, -0.15) is 0 Å². The quantitative estimate of drug-likeness (QED) is 0.514. The molecule has 0 aliphatic heterocycles. The van der Waals surface area contributed by atoms with E-state index < -0.39 is 0 Å². The standard InChI is InChI=1S/C20H22N4OS/c1-24(2)18(15-8-4-3-5-9-15)12-21-19(25)13-26-20-16-10-6-7-11-17(16)22-14-23-20/h3-11,14,18H,12-13H2,1-2H3,(H,21,25)/t18-/m0/s1. The Kier molecular flexibility index (Phi) is 6.20. The summed E-state index contributed by atoms with van der Waals surface area (Å²) in [6.07, 6.45) is 1.54. The van der Waals surface area contributed by atoms with Gasteiger partial charge in [0.25, 0.3) is 0 Å². The fourth-order valence-electron chi connectivity index (χ4n) is 2.76. The second kappa shape index (κ2) is 8.78.